The Morgan fingerprint density at radius 1 is 1.31 bits per heavy atom. The summed E-state index contributed by atoms with van der Waals surface area (Å²) in [5.74, 6) is 3.46. The normalized spacial score (nSPS) is 51.8. The van der Waals surface area contributed by atoms with Crippen molar-refractivity contribution >= 4 is 0 Å². The van der Waals surface area contributed by atoms with E-state index in [1.165, 1.54) is 25.7 Å². The summed E-state index contributed by atoms with van der Waals surface area (Å²) in [5.41, 5.74) is 1.85. The first kappa shape index (κ1) is 10.8. The quantitative estimate of drug-likeness (QED) is 0.484. The predicted octanol–water partition coefficient (Wildman–Crippen LogP) is 3.79. The Balaban J connectivity index is 1.87. The zero-order valence-electron chi connectivity index (χ0n) is 10.8. The minimum Gasteiger partial charge on any atom is -0.370 e. The lowest BCUT2D eigenvalue weighted by Gasteiger charge is -2.45. The zero-order chi connectivity index (χ0) is 11.3. The molecule has 2 aliphatic carbocycles. The van der Waals surface area contributed by atoms with Crippen molar-refractivity contribution < 1.29 is 4.74 Å². The van der Waals surface area contributed by atoms with Crippen molar-refractivity contribution in [1.82, 2.24) is 0 Å². The first-order chi connectivity index (χ1) is 7.60. The molecule has 5 atom stereocenters. The Hall–Kier alpha value is -0.300. The van der Waals surface area contributed by atoms with Gasteiger partial charge in [0.15, 0.2) is 0 Å². The van der Waals surface area contributed by atoms with E-state index in [0.29, 0.717) is 0 Å². The summed E-state index contributed by atoms with van der Waals surface area (Å²) in [6.07, 6.45) is 8.12. The smallest absolute Gasteiger partial charge is 0.0922 e. The molecule has 2 fully saturated rings. The summed E-state index contributed by atoms with van der Waals surface area (Å²) in [7, 11) is 0. The number of epoxide rings is 1. The molecule has 0 aromatic heterocycles. The molecule has 1 saturated carbocycles. The van der Waals surface area contributed by atoms with E-state index in [-0.39, 0.29) is 5.60 Å². The van der Waals surface area contributed by atoms with Gasteiger partial charge in [-0.25, -0.2) is 0 Å². The van der Waals surface area contributed by atoms with Crippen molar-refractivity contribution in [3.05, 3.63) is 11.6 Å². The van der Waals surface area contributed by atoms with Crippen LogP contribution in [0.1, 0.15) is 46.5 Å². The molecule has 1 unspecified atom stereocenters. The van der Waals surface area contributed by atoms with Crippen LogP contribution in [-0.4, -0.2) is 12.2 Å². The Labute approximate surface area is 99.3 Å². The topological polar surface area (TPSA) is 12.5 Å². The van der Waals surface area contributed by atoms with Crippen LogP contribution in [0, 0.1) is 23.7 Å². The van der Waals surface area contributed by atoms with E-state index in [1.807, 2.05) is 0 Å². The molecule has 3 aliphatic rings. The number of fused-ring (bicyclic) bond motifs is 1. The van der Waals surface area contributed by atoms with Crippen molar-refractivity contribution in [3.8, 4) is 0 Å². The second-order valence-electron chi connectivity index (χ2n) is 6.56. The van der Waals surface area contributed by atoms with Gasteiger partial charge in [-0.1, -0.05) is 25.0 Å². The summed E-state index contributed by atoms with van der Waals surface area (Å²) < 4.78 is 5.73. The molecule has 90 valence electrons. The number of hydrogen-bond donors (Lipinski definition) is 0. The number of allylic oxidation sites excluding steroid dienone is 2. The van der Waals surface area contributed by atoms with Gasteiger partial charge in [-0.3, -0.25) is 0 Å². The van der Waals surface area contributed by atoms with Gasteiger partial charge in [-0.15, -0.1) is 0 Å². The van der Waals surface area contributed by atoms with Gasteiger partial charge >= 0.3 is 0 Å². The summed E-state index contributed by atoms with van der Waals surface area (Å²) in [6, 6.07) is 0. The molecule has 0 aromatic carbocycles. The van der Waals surface area contributed by atoms with E-state index < -0.39 is 0 Å². The highest BCUT2D eigenvalue weighted by Gasteiger charge is 2.53. The fourth-order valence-electron chi connectivity index (χ4n) is 4.09. The first-order valence-corrected chi connectivity index (χ1v) is 6.91. The largest absolute Gasteiger partial charge is 0.370 e. The van der Waals surface area contributed by atoms with Gasteiger partial charge in [0.05, 0.1) is 12.2 Å². The van der Waals surface area contributed by atoms with Crippen molar-refractivity contribution in [3.63, 3.8) is 0 Å². The molecule has 1 heteroatoms. The minimum atomic E-state index is 0.233. The van der Waals surface area contributed by atoms with Crippen LogP contribution in [0.25, 0.3) is 0 Å². The Kier molecular flexibility index (Phi) is 2.43. The van der Waals surface area contributed by atoms with Gasteiger partial charge in [-0.2, -0.15) is 0 Å². The molecule has 1 aliphatic heterocycles. The third-order valence-corrected chi connectivity index (χ3v) is 5.36. The summed E-state index contributed by atoms with van der Waals surface area (Å²) in [4.78, 5) is 0. The third-order valence-electron chi connectivity index (χ3n) is 5.36. The molecule has 0 aromatic rings. The summed E-state index contributed by atoms with van der Waals surface area (Å²) in [5, 5.41) is 0. The second-order valence-corrected chi connectivity index (χ2v) is 6.56. The Morgan fingerprint density at radius 2 is 2.06 bits per heavy atom. The monoisotopic (exact) mass is 220 g/mol. The fraction of sp³-hybridized carbons (Fsp3) is 0.867. The van der Waals surface area contributed by atoms with Crippen LogP contribution in [-0.2, 0) is 4.74 Å². The molecular weight excluding hydrogens is 196 g/mol. The van der Waals surface area contributed by atoms with Crippen molar-refractivity contribution in [2.75, 3.05) is 6.61 Å². The SMILES string of the molecule is CC1=CC2[C@@H](CC1)[C@H](C)CC[C@H]2[C@]1(C)CO1. The second kappa shape index (κ2) is 3.60. The molecule has 0 N–H and O–H groups in total. The lowest BCUT2D eigenvalue weighted by Crippen LogP contribution is -2.40. The van der Waals surface area contributed by atoms with Gasteiger partial charge in [0.25, 0.3) is 0 Å². The number of rotatable bonds is 1. The molecule has 3 rings (SSSR count). The molecule has 1 heterocycles. The number of ether oxygens (including phenoxy) is 1. The molecule has 1 saturated heterocycles. The average Bonchev–Trinajstić information content (AvgIpc) is 2.97. The van der Waals surface area contributed by atoms with Crippen LogP contribution < -0.4 is 0 Å². The van der Waals surface area contributed by atoms with E-state index in [9.17, 15) is 0 Å². The van der Waals surface area contributed by atoms with Crippen LogP contribution in [0.5, 0.6) is 0 Å². The van der Waals surface area contributed by atoms with Crippen LogP contribution in [0.2, 0.25) is 0 Å². The first-order valence-electron chi connectivity index (χ1n) is 6.91. The Bertz CT molecular complexity index is 313. The lowest BCUT2D eigenvalue weighted by atomic mass is 9.60. The van der Waals surface area contributed by atoms with Gasteiger partial charge in [-0.05, 0) is 56.8 Å². The van der Waals surface area contributed by atoms with E-state index in [1.54, 1.807) is 5.57 Å². The van der Waals surface area contributed by atoms with E-state index in [4.69, 9.17) is 4.74 Å². The third kappa shape index (κ3) is 1.64. The molecule has 16 heavy (non-hydrogen) atoms. The summed E-state index contributed by atoms with van der Waals surface area (Å²) >= 11 is 0. The number of hydrogen-bond acceptors (Lipinski definition) is 1. The highest BCUT2D eigenvalue weighted by molar-refractivity contribution is 5.14. The maximum Gasteiger partial charge on any atom is 0.0922 e. The molecule has 0 radical (unpaired) electrons. The average molecular weight is 220 g/mol. The van der Waals surface area contributed by atoms with Gasteiger partial charge in [0.1, 0.15) is 0 Å². The van der Waals surface area contributed by atoms with E-state index >= 15 is 0 Å². The van der Waals surface area contributed by atoms with Crippen LogP contribution >= 0.6 is 0 Å². The predicted molar refractivity (Wildman–Crippen MR) is 66.2 cm³/mol. The highest BCUT2D eigenvalue weighted by Crippen LogP contribution is 2.53. The standard InChI is InChI=1S/C15H24O/c1-10-4-6-12-11(2)5-7-14(13(12)8-10)15(3)9-16-15/h8,11-14H,4-7,9H2,1-3H3/t11-,12+,13?,14-,15+/m1/s1. The molecule has 0 amide bonds. The molecular formula is C15H24O. The van der Waals surface area contributed by atoms with Gasteiger partial charge in [0.2, 0.25) is 0 Å². The summed E-state index contributed by atoms with van der Waals surface area (Å²) in [6.45, 7) is 8.09. The van der Waals surface area contributed by atoms with E-state index in [0.717, 1.165) is 30.3 Å². The van der Waals surface area contributed by atoms with E-state index in [2.05, 4.69) is 26.8 Å². The fourth-order valence-corrected chi connectivity index (χ4v) is 4.09. The minimum absolute atomic E-state index is 0.233. The van der Waals surface area contributed by atoms with Crippen molar-refractivity contribution in [2.45, 2.75) is 52.1 Å². The van der Waals surface area contributed by atoms with Crippen molar-refractivity contribution in [2.24, 2.45) is 23.7 Å². The zero-order valence-corrected chi connectivity index (χ0v) is 10.8. The maximum atomic E-state index is 5.73. The molecule has 0 spiro atoms. The molecule has 1 nitrogen and oxygen atoms in total. The lowest BCUT2D eigenvalue weighted by molar-refractivity contribution is 0.0637. The highest BCUT2D eigenvalue weighted by atomic mass is 16.6. The van der Waals surface area contributed by atoms with Gasteiger partial charge < -0.3 is 4.74 Å². The van der Waals surface area contributed by atoms with Crippen molar-refractivity contribution in [1.29, 1.82) is 0 Å². The van der Waals surface area contributed by atoms with Crippen LogP contribution in [0.3, 0.4) is 0 Å². The van der Waals surface area contributed by atoms with Gasteiger partial charge in [0, 0.05) is 0 Å². The maximum absolute atomic E-state index is 5.73. The molecule has 0 bridgehead atoms. The van der Waals surface area contributed by atoms with Crippen LogP contribution in [0.15, 0.2) is 11.6 Å². The van der Waals surface area contributed by atoms with Crippen LogP contribution in [0.4, 0.5) is 0 Å². The Morgan fingerprint density at radius 3 is 2.75 bits per heavy atom.